The zero-order chi connectivity index (χ0) is 22.0. The average molecular weight is 423 g/mol. The minimum Gasteiger partial charge on any atom is -0.372 e. The molecule has 2 aromatic heterocycles. The van der Waals surface area contributed by atoms with Crippen LogP contribution >= 0.6 is 0 Å². The Morgan fingerprint density at radius 1 is 1.23 bits per heavy atom. The second-order valence-electron chi connectivity index (χ2n) is 7.32. The fourth-order valence-electron chi connectivity index (χ4n) is 3.55. The third-order valence-corrected chi connectivity index (χ3v) is 4.85. The quantitative estimate of drug-likeness (QED) is 0.489. The molecule has 160 valence electrons. The van der Waals surface area contributed by atoms with Crippen LogP contribution in [0.4, 0.5) is 17.2 Å². The molecule has 1 aliphatic rings. The molecule has 0 bridgehead atoms. The van der Waals surface area contributed by atoms with E-state index in [1.165, 1.54) is 35.5 Å². The van der Waals surface area contributed by atoms with Crippen LogP contribution in [0.2, 0.25) is 0 Å². The van der Waals surface area contributed by atoms with Crippen molar-refractivity contribution in [1.82, 2.24) is 19.7 Å². The van der Waals surface area contributed by atoms with Gasteiger partial charge in [-0.1, -0.05) is 0 Å². The summed E-state index contributed by atoms with van der Waals surface area (Å²) in [6.45, 7) is 5.52. The molecule has 31 heavy (non-hydrogen) atoms. The van der Waals surface area contributed by atoms with Gasteiger partial charge in [-0.25, -0.2) is 14.6 Å². The summed E-state index contributed by atoms with van der Waals surface area (Å²) in [5, 5.41) is 18.1. The van der Waals surface area contributed by atoms with Crippen LogP contribution in [0.3, 0.4) is 0 Å². The van der Waals surface area contributed by atoms with Gasteiger partial charge >= 0.3 is 0 Å². The van der Waals surface area contributed by atoms with E-state index >= 15 is 0 Å². The molecule has 11 heteroatoms. The zero-order valence-electron chi connectivity index (χ0n) is 17.0. The number of nitro groups is 1. The van der Waals surface area contributed by atoms with E-state index in [1.54, 1.807) is 12.3 Å². The molecule has 3 aromatic rings. The van der Waals surface area contributed by atoms with Gasteiger partial charge in [0.2, 0.25) is 0 Å². The number of rotatable bonds is 5. The number of carbonyl (C=O) groups is 1. The highest BCUT2D eigenvalue weighted by Crippen LogP contribution is 2.24. The van der Waals surface area contributed by atoms with Crippen LogP contribution in [0.25, 0.3) is 5.69 Å². The number of hydrogen-bond donors (Lipinski definition) is 1. The molecular weight excluding hydrogens is 402 g/mol. The summed E-state index contributed by atoms with van der Waals surface area (Å²) in [6.07, 6.45) is 4.42. The van der Waals surface area contributed by atoms with Crippen LogP contribution in [0.1, 0.15) is 24.2 Å². The number of anilines is 2. The van der Waals surface area contributed by atoms with Crippen molar-refractivity contribution in [2.24, 2.45) is 0 Å². The van der Waals surface area contributed by atoms with Gasteiger partial charge in [0.15, 0.2) is 0 Å². The summed E-state index contributed by atoms with van der Waals surface area (Å²) in [5.41, 5.74) is 0.614. The Kier molecular flexibility index (Phi) is 5.58. The lowest BCUT2D eigenvalue weighted by atomic mass is 10.1. The molecule has 0 spiro atoms. The van der Waals surface area contributed by atoms with E-state index in [1.807, 2.05) is 19.9 Å². The van der Waals surface area contributed by atoms with E-state index in [-0.39, 0.29) is 29.1 Å². The van der Waals surface area contributed by atoms with Gasteiger partial charge in [0.05, 0.1) is 29.0 Å². The number of hydrogen-bond acceptors (Lipinski definition) is 8. The first kappa shape index (κ1) is 20.4. The Morgan fingerprint density at radius 3 is 2.61 bits per heavy atom. The topological polar surface area (TPSA) is 128 Å². The van der Waals surface area contributed by atoms with Crippen LogP contribution in [0.15, 0.2) is 49.2 Å². The first-order valence-corrected chi connectivity index (χ1v) is 9.72. The van der Waals surface area contributed by atoms with Crippen molar-refractivity contribution in [3.63, 3.8) is 0 Å². The van der Waals surface area contributed by atoms with Gasteiger partial charge in [0.1, 0.15) is 24.2 Å². The van der Waals surface area contributed by atoms with Crippen LogP contribution in [-0.4, -0.2) is 55.9 Å². The Bertz CT molecular complexity index is 1080. The van der Waals surface area contributed by atoms with E-state index in [0.717, 1.165) is 18.9 Å². The smallest absolute Gasteiger partial charge is 0.295 e. The number of amides is 1. The van der Waals surface area contributed by atoms with E-state index in [9.17, 15) is 14.9 Å². The maximum absolute atomic E-state index is 12.6. The number of carbonyl (C=O) groups excluding carboxylic acids is 1. The summed E-state index contributed by atoms with van der Waals surface area (Å²) in [6, 6.07) is 7.76. The molecule has 0 saturated carbocycles. The van der Waals surface area contributed by atoms with Crippen LogP contribution in [0.5, 0.6) is 0 Å². The molecule has 1 N–H and O–H groups in total. The molecule has 0 radical (unpaired) electrons. The zero-order valence-corrected chi connectivity index (χ0v) is 17.0. The van der Waals surface area contributed by atoms with E-state index in [0.29, 0.717) is 5.69 Å². The summed E-state index contributed by atoms with van der Waals surface area (Å²) >= 11 is 0. The number of benzene rings is 1. The largest absolute Gasteiger partial charge is 0.372 e. The number of aromatic nitrogens is 4. The predicted molar refractivity (Wildman–Crippen MR) is 112 cm³/mol. The minimum atomic E-state index is -0.561. The Balaban J connectivity index is 1.49. The van der Waals surface area contributed by atoms with Crippen LogP contribution in [0, 0.1) is 10.1 Å². The monoisotopic (exact) mass is 423 g/mol. The number of ether oxygens (including phenoxy) is 1. The molecule has 0 aliphatic carbocycles. The molecule has 4 rings (SSSR count). The minimum absolute atomic E-state index is 0.112. The fourth-order valence-corrected chi connectivity index (χ4v) is 3.55. The van der Waals surface area contributed by atoms with Crippen molar-refractivity contribution in [2.45, 2.75) is 26.1 Å². The first-order chi connectivity index (χ1) is 14.9. The second-order valence-corrected chi connectivity index (χ2v) is 7.32. The molecule has 1 saturated heterocycles. The molecule has 1 aliphatic heterocycles. The van der Waals surface area contributed by atoms with Gasteiger partial charge in [0.25, 0.3) is 11.6 Å². The van der Waals surface area contributed by atoms with Crippen molar-refractivity contribution in [1.29, 1.82) is 0 Å². The standard InChI is InChI=1S/C20H21N7O4/c1-13-9-25(10-14(2)31-13)19-6-4-16(8-22-19)24-20(28)15-3-5-17(18(7-15)27(29)30)26-12-21-11-23-26/h3-8,11-14H,9-10H2,1-2H3,(H,24,28). The molecule has 1 fully saturated rings. The Morgan fingerprint density at radius 2 is 2.00 bits per heavy atom. The predicted octanol–water partition coefficient (Wildman–Crippen LogP) is 2.44. The number of nitro benzene ring substituents is 1. The second kappa shape index (κ2) is 8.48. The summed E-state index contributed by atoms with van der Waals surface area (Å²) in [7, 11) is 0. The van der Waals surface area contributed by atoms with E-state index in [4.69, 9.17) is 4.74 Å². The molecule has 3 heterocycles. The highest BCUT2D eigenvalue weighted by atomic mass is 16.6. The third-order valence-electron chi connectivity index (χ3n) is 4.85. The SMILES string of the molecule is CC1CN(c2ccc(NC(=O)c3ccc(-n4cncn4)c([N+](=O)[O-])c3)cn2)CC(C)O1. The molecule has 2 atom stereocenters. The van der Waals surface area contributed by atoms with Gasteiger partial charge in [-0.05, 0) is 38.1 Å². The van der Waals surface area contributed by atoms with Gasteiger partial charge in [-0.15, -0.1) is 0 Å². The normalized spacial score (nSPS) is 18.6. The maximum atomic E-state index is 12.6. The lowest BCUT2D eigenvalue weighted by Crippen LogP contribution is -2.45. The van der Waals surface area contributed by atoms with Crippen LogP contribution < -0.4 is 10.2 Å². The lowest BCUT2D eigenvalue weighted by molar-refractivity contribution is -0.384. The average Bonchev–Trinajstić information content (AvgIpc) is 3.28. The van der Waals surface area contributed by atoms with Crippen molar-refractivity contribution < 1.29 is 14.5 Å². The number of nitrogens with one attached hydrogen (secondary N) is 1. The van der Waals surface area contributed by atoms with Crippen molar-refractivity contribution in [3.8, 4) is 5.69 Å². The number of pyridine rings is 1. The lowest BCUT2D eigenvalue weighted by Gasteiger charge is -2.36. The third kappa shape index (κ3) is 4.51. The van der Waals surface area contributed by atoms with Crippen molar-refractivity contribution >= 4 is 23.1 Å². The molecule has 11 nitrogen and oxygen atoms in total. The van der Waals surface area contributed by atoms with Crippen molar-refractivity contribution in [3.05, 3.63) is 64.9 Å². The fraction of sp³-hybridized carbons (Fsp3) is 0.300. The van der Waals surface area contributed by atoms with Gasteiger partial charge in [-0.2, -0.15) is 5.10 Å². The summed E-state index contributed by atoms with van der Waals surface area (Å²) in [4.78, 5) is 33.9. The number of nitrogens with zero attached hydrogens (tertiary/aromatic N) is 6. The number of morpholine rings is 1. The molecule has 2 unspecified atom stereocenters. The van der Waals surface area contributed by atoms with E-state index < -0.39 is 10.8 Å². The summed E-state index contributed by atoms with van der Waals surface area (Å²) in [5.74, 6) is 0.323. The van der Waals surface area contributed by atoms with Gasteiger partial charge in [0, 0.05) is 24.7 Å². The maximum Gasteiger partial charge on any atom is 0.295 e. The molecule has 1 amide bonds. The van der Waals surface area contributed by atoms with Crippen molar-refractivity contribution in [2.75, 3.05) is 23.3 Å². The first-order valence-electron chi connectivity index (χ1n) is 9.72. The van der Waals surface area contributed by atoms with Gasteiger partial charge < -0.3 is 15.0 Å². The van der Waals surface area contributed by atoms with Crippen LogP contribution in [-0.2, 0) is 4.74 Å². The highest BCUT2D eigenvalue weighted by molar-refractivity contribution is 6.04. The summed E-state index contributed by atoms with van der Waals surface area (Å²) < 4.78 is 7.01. The molecular formula is C20H21N7O4. The highest BCUT2D eigenvalue weighted by Gasteiger charge is 2.23. The van der Waals surface area contributed by atoms with E-state index in [2.05, 4.69) is 25.3 Å². The Hall–Kier alpha value is -3.86. The molecule has 1 aromatic carbocycles. The van der Waals surface area contributed by atoms with Gasteiger partial charge in [-0.3, -0.25) is 14.9 Å². The Labute approximate surface area is 177 Å².